The van der Waals surface area contributed by atoms with Gasteiger partial charge in [0.2, 0.25) is 0 Å². The van der Waals surface area contributed by atoms with Crippen LogP contribution in [0.3, 0.4) is 0 Å². The molecule has 6 heteroatoms. The molecule has 0 aromatic rings. The Hall–Kier alpha value is -1.14. The van der Waals surface area contributed by atoms with Crippen LogP contribution in [0.4, 0.5) is 0 Å². The Morgan fingerprint density at radius 2 is 0.944 bits per heavy atom. The number of methoxy groups -OCH3 is 2. The van der Waals surface area contributed by atoms with Crippen LogP contribution in [0.5, 0.6) is 0 Å². The minimum absolute atomic E-state index is 0.294. The Kier molecular flexibility index (Phi) is 7.54. The first-order valence-electron chi connectivity index (χ1n) is 5.80. The fourth-order valence-electron chi connectivity index (χ4n) is 1.01. The van der Waals surface area contributed by atoms with Crippen molar-refractivity contribution in [3.8, 4) is 0 Å². The average molecular weight is 262 g/mol. The summed E-state index contributed by atoms with van der Waals surface area (Å²) in [4.78, 5) is 22.9. The van der Waals surface area contributed by atoms with Crippen molar-refractivity contribution in [2.45, 2.75) is 52.1 Å². The molecule has 0 amide bonds. The van der Waals surface area contributed by atoms with Crippen molar-refractivity contribution in [2.75, 3.05) is 14.2 Å². The molecule has 4 unspecified atom stereocenters. The molecule has 4 atom stereocenters. The van der Waals surface area contributed by atoms with E-state index in [1.807, 2.05) is 0 Å². The SMILES string of the molecule is COC(C)C(C)OC(=O)C(=O)OC(C)C(C)OC. The number of esters is 2. The van der Waals surface area contributed by atoms with Crippen molar-refractivity contribution < 1.29 is 28.5 Å². The highest BCUT2D eigenvalue weighted by Crippen LogP contribution is 2.06. The van der Waals surface area contributed by atoms with Gasteiger partial charge in [0.05, 0.1) is 12.2 Å². The molecule has 106 valence electrons. The zero-order valence-electron chi connectivity index (χ0n) is 11.8. The van der Waals surface area contributed by atoms with Gasteiger partial charge < -0.3 is 18.9 Å². The molecule has 0 heterocycles. The Bertz CT molecular complexity index is 250. The summed E-state index contributed by atoms with van der Waals surface area (Å²) in [5.41, 5.74) is 0. The minimum Gasteiger partial charge on any atom is -0.452 e. The number of hydrogen-bond donors (Lipinski definition) is 0. The maximum Gasteiger partial charge on any atom is 0.417 e. The van der Waals surface area contributed by atoms with E-state index in [1.54, 1.807) is 27.7 Å². The predicted octanol–water partition coefficient (Wildman–Crippen LogP) is 0.920. The van der Waals surface area contributed by atoms with E-state index in [0.717, 1.165) is 0 Å². The maximum atomic E-state index is 11.4. The summed E-state index contributed by atoms with van der Waals surface area (Å²) in [6.45, 7) is 6.75. The van der Waals surface area contributed by atoms with Gasteiger partial charge >= 0.3 is 11.9 Å². The van der Waals surface area contributed by atoms with E-state index < -0.39 is 24.1 Å². The van der Waals surface area contributed by atoms with Crippen LogP contribution in [0.1, 0.15) is 27.7 Å². The van der Waals surface area contributed by atoms with Crippen LogP contribution in [0.25, 0.3) is 0 Å². The summed E-state index contributed by atoms with van der Waals surface area (Å²) >= 11 is 0. The third kappa shape index (κ3) is 5.46. The standard InChI is InChI=1S/C12H22O6/c1-7(15-5)9(3)17-11(13)12(14)18-10(4)8(2)16-6/h7-10H,1-6H3. The van der Waals surface area contributed by atoms with Gasteiger partial charge in [-0.2, -0.15) is 0 Å². The zero-order chi connectivity index (χ0) is 14.3. The van der Waals surface area contributed by atoms with Crippen LogP contribution in [-0.2, 0) is 28.5 Å². The highest BCUT2D eigenvalue weighted by Gasteiger charge is 2.26. The number of hydrogen-bond acceptors (Lipinski definition) is 6. The topological polar surface area (TPSA) is 71.1 Å². The monoisotopic (exact) mass is 262 g/mol. The summed E-state index contributed by atoms with van der Waals surface area (Å²) in [6.07, 6.45) is -1.63. The largest absolute Gasteiger partial charge is 0.452 e. The highest BCUT2D eigenvalue weighted by atomic mass is 16.6. The normalized spacial score (nSPS) is 17.4. The lowest BCUT2D eigenvalue weighted by Crippen LogP contribution is -2.35. The second kappa shape index (κ2) is 8.05. The van der Waals surface area contributed by atoms with Gasteiger partial charge in [0.25, 0.3) is 0 Å². The van der Waals surface area contributed by atoms with E-state index in [0.29, 0.717) is 0 Å². The number of carbonyl (C=O) groups excluding carboxylic acids is 2. The molecule has 0 aliphatic heterocycles. The van der Waals surface area contributed by atoms with Crippen molar-refractivity contribution >= 4 is 11.9 Å². The van der Waals surface area contributed by atoms with Crippen LogP contribution < -0.4 is 0 Å². The summed E-state index contributed by atoms with van der Waals surface area (Å²) < 4.78 is 19.8. The van der Waals surface area contributed by atoms with E-state index >= 15 is 0 Å². The van der Waals surface area contributed by atoms with Crippen LogP contribution in [0.15, 0.2) is 0 Å². The molecule has 0 aliphatic rings. The van der Waals surface area contributed by atoms with Gasteiger partial charge in [-0.1, -0.05) is 0 Å². The second-order valence-electron chi connectivity index (χ2n) is 4.10. The Morgan fingerprint density at radius 3 is 1.17 bits per heavy atom. The smallest absolute Gasteiger partial charge is 0.417 e. The van der Waals surface area contributed by atoms with Crippen molar-refractivity contribution in [2.24, 2.45) is 0 Å². The number of rotatable bonds is 6. The van der Waals surface area contributed by atoms with Crippen molar-refractivity contribution in [3.05, 3.63) is 0 Å². The summed E-state index contributed by atoms with van der Waals surface area (Å²) in [7, 11) is 2.99. The van der Waals surface area contributed by atoms with E-state index in [4.69, 9.17) is 18.9 Å². The van der Waals surface area contributed by atoms with Gasteiger partial charge in [0.1, 0.15) is 12.2 Å². The highest BCUT2D eigenvalue weighted by molar-refractivity contribution is 6.29. The van der Waals surface area contributed by atoms with Crippen LogP contribution >= 0.6 is 0 Å². The first-order valence-corrected chi connectivity index (χ1v) is 5.80. The predicted molar refractivity (Wildman–Crippen MR) is 64.1 cm³/mol. The molecule has 0 N–H and O–H groups in total. The summed E-state index contributed by atoms with van der Waals surface area (Å²) in [5, 5.41) is 0. The molecule has 0 radical (unpaired) electrons. The molecule has 0 spiro atoms. The van der Waals surface area contributed by atoms with Crippen molar-refractivity contribution in [1.29, 1.82) is 0 Å². The van der Waals surface area contributed by atoms with Gasteiger partial charge in [-0.25, -0.2) is 9.59 Å². The molecule has 0 saturated carbocycles. The molecule has 0 aromatic heterocycles. The van der Waals surface area contributed by atoms with E-state index in [1.165, 1.54) is 14.2 Å². The van der Waals surface area contributed by atoms with Crippen molar-refractivity contribution in [3.63, 3.8) is 0 Å². The minimum atomic E-state index is -1.03. The van der Waals surface area contributed by atoms with Crippen LogP contribution in [0, 0.1) is 0 Å². The second-order valence-corrected chi connectivity index (χ2v) is 4.10. The van der Waals surface area contributed by atoms with Crippen LogP contribution in [0.2, 0.25) is 0 Å². The number of ether oxygens (including phenoxy) is 4. The fraction of sp³-hybridized carbons (Fsp3) is 0.833. The lowest BCUT2D eigenvalue weighted by Gasteiger charge is -2.21. The summed E-state index contributed by atoms with van der Waals surface area (Å²) in [5.74, 6) is -2.05. The van der Waals surface area contributed by atoms with E-state index in [9.17, 15) is 9.59 Å². The van der Waals surface area contributed by atoms with E-state index in [2.05, 4.69) is 0 Å². The fourth-order valence-corrected chi connectivity index (χ4v) is 1.01. The van der Waals surface area contributed by atoms with Gasteiger partial charge in [-0.3, -0.25) is 0 Å². The van der Waals surface area contributed by atoms with Gasteiger partial charge in [0.15, 0.2) is 0 Å². The molecular formula is C12H22O6. The summed E-state index contributed by atoms with van der Waals surface area (Å²) in [6, 6.07) is 0. The Balaban J connectivity index is 4.23. The molecule has 0 rings (SSSR count). The lowest BCUT2D eigenvalue weighted by molar-refractivity contribution is -0.179. The zero-order valence-corrected chi connectivity index (χ0v) is 11.8. The molecule has 0 bridgehead atoms. The Labute approximate surface area is 108 Å². The number of carbonyl (C=O) groups is 2. The third-order valence-electron chi connectivity index (χ3n) is 2.82. The van der Waals surface area contributed by atoms with E-state index in [-0.39, 0.29) is 12.2 Å². The molecule has 6 nitrogen and oxygen atoms in total. The Morgan fingerprint density at radius 1 is 0.667 bits per heavy atom. The average Bonchev–Trinajstić information content (AvgIpc) is 2.35. The van der Waals surface area contributed by atoms with Crippen LogP contribution in [-0.4, -0.2) is 50.6 Å². The van der Waals surface area contributed by atoms with Gasteiger partial charge in [-0.05, 0) is 27.7 Å². The third-order valence-corrected chi connectivity index (χ3v) is 2.82. The lowest BCUT2D eigenvalue weighted by atomic mass is 10.2. The van der Waals surface area contributed by atoms with Crippen molar-refractivity contribution in [1.82, 2.24) is 0 Å². The molecule has 0 fully saturated rings. The first-order chi connectivity index (χ1) is 8.33. The van der Waals surface area contributed by atoms with Gasteiger partial charge in [0, 0.05) is 14.2 Å². The van der Waals surface area contributed by atoms with Gasteiger partial charge in [-0.15, -0.1) is 0 Å². The molecule has 0 aliphatic carbocycles. The first kappa shape index (κ1) is 16.9. The molecule has 0 saturated heterocycles. The molecular weight excluding hydrogens is 240 g/mol. The quantitative estimate of drug-likeness (QED) is 0.523. The molecule has 18 heavy (non-hydrogen) atoms. The molecule has 0 aromatic carbocycles. The maximum absolute atomic E-state index is 11.4.